The zero-order valence-electron chi connectivity index (χ0n) is 21.1. The normalized spacial score (nSPS) is 10.8. The van der Waals surface area contributed by atoms with Crippen molar-refractivity contribution in [3.05, 3.63) is 66.7 Å². The molecule has 4 aromatic rings. The number of aromatic nitrogens is 1. The molecular weight excluding hydrogens is 525 g/mol. The first-order chi connectivity index (χ1) is 18.5. The number of methoxy groups -OCH3 is 2. The van der Waals surface area contributed by atoms with Crippen LogP contribution in [0.1, 0.15) is 0 Å². The summed E-state index contributed by atoms with van der Waals surface area (Å²) in [6.45, 7) is 1.19. The Bertz CT molecular complexity index is 1410. The van der Waals surface area contributed by atoms with Crippen LogP contribution < -0.4 is 31.0 Å². The van der Waals surface area contributed by atoms with Crippen LogP contribution >= 0.6 is 23.2 Å². The third-order valence-electron chi connectivity index (χ3n) is 6.13. The molecule has 0 bridgehead atoms. The van der Waals surface area contributed by atoms with Gasteiger partial charge < -0.3 is 19.7 Å². The highest BCUT2D eigenvalue weighted by Crippen LogP contribution is 2.40. The lowest BCUT2D eigenvalue weighted by molar-refractivity contribution is 0.252. The molecule has 0 aliphatic rings. The van der Waals surface area contributed by atoms with E-state index in [2.05, 4.69) is 15.6 Å². The monoisotopic (exact) mass is 553 g/mol. The quantitative estimate of drug-likeness (QED) is 0.0982. The molecule has 3 aromatic carbocycles. The molecule has 0 spiro atoms. The Hall–Kier alpha value is -3.72. The molecule has 8 nitrogen and oxygen atoms in total. The van der Waals surface area contributed by atoms with Crippen LogP contribution in [0.5, 0.6) is 11.5 Å². The molecule has 1 heterocycles. The van der Waals surface area contributed by atoms with E-state index >= 15 is 0 Å². The number of alkyl halides is 2. The van der Waals surface area contributed by atoms with Gasteiger partial charge in [-0.1, -0.05) is 0 Å². The zero-order chi connectivity index (χ0) is 27.1. The highest BCUT2D eigenvalue weighted by Gasteiger charge is 2.18. The average Bonchev–Trinajstić information content (AvgIpc) is 2.96. The number of rotatable bonds is 10. The smallest absolute Gasteiger partial charge is 0.333 e. The summed E-state index contributed by atoms with van der Waals surface area (Å²) in [5, 5.41) is 3.68. The Labute approximate surface area is 231 Å². The maximum absolute atomic E-state index is 12.0. The Morgan fingerprint density at radius 1 is 0.895 bits per heavy atom. The van der Waals surface area contributed by atoms with Crippen molar-refractivity contribution in [2.75, 3.05) is 49.3 Å². The minimum absolute atomic E-state index is 0.428. The number of nitrogens with zero attached hydrogens (tertiary/aromatic N) is 2. The molecular formula is C28H29Cl2N5O3. The van der Waals surface area contributed by atoms with Crippen LogP contribution in [0.2, 0.25) is 0 Å². The number of hydrazine groups is 1. The van der Waals surface area contributed by atoms with Gasteiger partial charge >= 0.3 is 6.03 Å². The second-order valence-corrected chi connectivity index (χ2v) is 9.12. The fourth-order valence-corrected chi connectivity index (χ4v) is 4.70. The summed E-state index contributed by atoms with van der Waals surface area (Å²) < 4.78 is 10.8. The van der Waals surface area contributed by atoms with Gasteiger partial charge in [0.2, 0.25) is 0 Å². The summed E-state index contributed by atoms with van der Waals surface area (Å²) in [5.74, 6) is 7.62. The van der Waals surface area contributed by atoms with Gasteiger partial charge in [0.1, 0.15) is 11.5 Å². The van der Waals surface area contributed by atoms with Gasteiger partial charge in [-0.15, -0.1) is 23.2 Å². The summed E-state index contributed by atoms with van der Waals surface area (Å²) in [7, 11) is 3.26. The minimum Gasteiger partial charge on any atom is -0.497 e. The second-order valence-electron chi connectivity index (χ2n) is 8.36. The van der Waals surface area contributed by atoms with E-state index < -0.39 is 6.03 Å². The van der Waals surface area contributed by atoms with Crippen molar-refractivity contribution in [2.45, 2.75) is 0 Å². The molecule has 2 amide bonds. The van der Waals surface area contributed by atoms with Crippen LogP contribution in [0, 0.1) is 0 Å². The van der Waals surface area contributed by atoms with Crippen LogP contribution in [-0.2, 0) is 0 Å². The number of halogens is 2. The molecule has 0 radical (unpaired) electrons. The maximum atomic E-state index is 12.0. The number of amides is 2. The summed E-state index contributed by atoms with van der Waals surface area (Å²) in [6.07, 6.45) is 0. The first-order valence-electron chi connectivity index (χ1n) is 11.9. The van der Waals surface area contributed by atoms with Crippen LogP contribution in [0.15, 0.2) is 66.7 Å². The second kappa shape index (κ2) is 12.7. The molecule has 10 heteroatoms. The molecule has 0 unspecified atom stereocenters. The molecule has 38 heavy (non-hydrogen) atoms. The number of anilines is 2. The number of urea groups is 1. The number of carbonyl (C=O) groups is 1. The van der Waals surface area contributed by atoms with Gasteiger partial charge in [-0.2, -0.15) is 0 Å². The molecule has 0 saturated carbocycles. The Balaban J connectivity index is 2.00. The molecule has 0 fully saturated rings. The summed E-state index contributed by atoms with van der Waals surface area (Å²) in [5.41, 5.74) is 7.86. The van der Waals surface area contributed by atoms with Gasteiger partial charge in [-0.25, -0.2) is 15.6 Å². The summed E-state index contributed by atoms with van der Waals surface area (Å²) in [4.78, 5) is 19.1. The number of nitrogens with one attached hydrogen (secondary N) is 2. The molecule has 198 valence electrons. The molecule has 4 N–H and O–H groups in total. The van der Waals surface area contributed by atoms with Crippen molar-refractivity contribution in [3.63, 3.8) is 0 Å². The SMILES string of the molecule is COc1ccc(-c2cc(-c3cc(NC(=O)NN)ccc3N(CCCl)CCCl)c3ccc(OC)cc3n2)cc1. The van der Waals surface area contributed by atoms with E-state index in [9.17, 15) is 4.79 Å². The number of nitrogens with two attached hydrogens (primary N) is 1. The van der Waals surface area contributed by atoms with Gasteiger partial charge in [0.05, 0.1) is 25.4 Å². The van der Waals surface area contributed by atoms with Crippen molar-refractivity contribution in [2.24, 2.45) is 5.84 Å². The number of pyridine rings is 1. The van der Waals surface area contributed by atoms with E-state index in [0.717, 1.165) is 44.7 Å². The highest BCUT2D eigenvalue weighted by atomic mass is 35.5. The van der Waals surface area contributed by atoms with E-state index in [1.165, 1.54) is 0 Å². The third kappa shape index (κ3) is 6.05. The lowest BCUT2D eigenvalue weighted by atomic mass is 9.95. The van der Waals surface area contributed by atoms with Crippen LogP contribution in [-0.4, -0.2) is 50.1 Å². The third-order valence-corrected chi connectivity index (χ3v) is 6.47. The molecule has 1 aromatic heterocycles. The Kier molecular flexibility index (Phi) is 9.12. The molecule has 0 aliphatic heterocycles. The Morgan fingerprint density at radius 3 is 2.21 bits per heavy atom. The first-order valence-corrected chi connectivity index (χ1v) is 13.0. The minimum atomic E-state index is -0.523. The van der Waals surface area contributed by atoms with E-state index in [1.54, 1.807) is 14.2 Å². The summed E-state index contributed by atoms with van der Waals surface area (Å²) in [6, 6.07) is 20.7. The van der Waals surface area contributed by atoms with Gasteiger partial charge in [0.15, 0.2) is 0 Å². The van der Waals surface area contributed by atoms with Crippen molar-refractivity contribution < 1.29 is 14.3 Å². The molecule has 0 atom stereocenters. The van der Waals surface area contributed by atoms with Crippen molar-refractivity contribution >= 4 is 51.5 Å². The zero-order valence-corrected chi connectivity index (χ0v) is 22.6. The number of ether oxygens (including phenoxy) is 2. The fraction of sp³-hybridized carbons (Fsp3) is 0.214. The first kappa shape index (κ1) is 27.3. The fourth-order valence-electron chi connectivity index (χ4n) is 4.30. The van der Waals surface area contributed by atoms with E-state index in [4.69, 9.17) is 43.5 Å². The highest BCUT2D eigenvalue weighted by molar-refractivity contribution is 6.18. The van der Waals surface area contributed by atoms with Gasteiger partial charge in [-0.05, 0) is 66.2 Å². The Morgan fingerprint density at radius 2 is 1.58 bits per heavy atom. The van der Waals surface area contributed by atoms with Gasteiger partial charge in [0, 0.05) is 58.8 Å². The molecule has 0 saturated heterocycles. The maximum Gasteiger partial charge on any atom is 0.333 e. The molecule has 4 rings (SSSR count). The standard InChI is InChI=1S/C28H29Cl2N5O3/c1-37-20-6-3-18(4-7-20)25-17-23(22-9-8-21(38-2)16-26(22)33-25)24-15-19(32-28(36)34-31)5-10-27(24)35(13-11-29)14-12-30/h3-10,15-17H,11-14,31H2,1-2H3,(H2,32,34,36). The number of fused-ring (bicyclic) bond motifs is 1. The predicted molar refractivity (Wildman–Crippen MR) is 156 cm³/mol. The largest absolute Gasteiger partial charge is 0.497 e. The van der Waals surface area contributed by atoms with Crippen molar-refractivity contribution in [3.8, 4) is 33.9 Å². The number of carbonyl (C=O) groups excluding carboxylic acids is 1. The summed E-state index contributed by atoms with van der Waals surface area (Å²) >= 11 is 12.3. The van der Waals surface area contributed by atoms with Crippen molar-refractivity contribution in [1.82, 2.24) is 10.4 Å². The van der Waals surface area contributed by atoms with Gasteiger partial charge in [-0.3, -0.25) is 5.43 Å². The van der Waals surface area contributed by atoms with E-state index in [0.29, 0.717) is 36.3 Å². The lowest BCUT2D eigenvalue weighted by Gasteiger charge is -2.27. The van der Waals surface area contributed by atoms with Crippen LogP contribution in [0.4, 0.5) is 16.2 Å². The van der Waals surface area contributed by atoms with Crippen molar-refractivity contribution in [1.29, 1.82) is 0 Å². The number of hydrogen-bond donors (Lipinski definition) is 3. The van der Waals surface area contributed by atoms with E-state index in [-0.39, 0.29) is 0 Å². The van der Waals surface area contributed by atoms with Crippen LogP contribution in [0.25, 0.3) is 33.3 Å². The van der Waals surface area contributed by atoms with E-state index in [1.807, 2.05) is 66.7 Å². The number of hydrogen-bond acceptors (Lipinski definition) is 6. The number of benzene rings is 3. The van der Waals surface area contributed by atoms with Crippen LogP contribution in [0.3, 0.4) is 0 Å². The molecule has 0 aliphatic carbocycles. The van der Waals surface area contributed by atoms with Gasteiger partial charge in [0.25, 0.3) is 0 Å². The lowest BCUT2D eigenvalue weighted by Crippen LogP contribution is -2.34. The predicted octanol–water partition coefficient (Wildman–Crippen LogP) is 5.87. The topological polar surface area (TPSA) is 102 Å². The average molecular weight is 554 g/mol.